The zero-order valence-electron chi connectivity index (χ0n) is 5.32. The Labute approximate surface area is 68.3 Å². The van der Waals surface area contributed by atoms with Crippen molar-refractivity contribution >= 4 is 28.7 Å². The highest BCUT2D eigenvalue weighted by atomic mass is 127. The van der Waals surface area contributed by atoms with Gasteiger partial charge in [0.05, 0.1) is 6.61 Å². The minimum absolute atomic E-state index is 0.347. The van der Waals surface area contributed by atoms with Crippen LogP contribution in [0.25, 0.3) is 0 Å². The molecule has 0 heterocycles. The van der Waals surface area contributed by atoms with Gasteiger partial charge in [-0.05, 0) is 6.42 Å². The van der Waals surface area contributed by atoms with Gasteiger partial charge < -0.3 is 10.1 Å². The summed E-state index contributed by atoms with van der Waals surface area (Å²) in [6.07, 6.45) is 0.577. The molecular formula is C5H10INO2. The maximum absolute atomic E-state index is 10.4. The Hall–Kier alpha value is 0. The van der Waals surface area contributed by atoms with Gasteiger partial charge in [-0.25, -0.2) is 4.79 Å². The van der Waals surface area contributed by atoms with Gasteiger partial charge in [0.1, 0.15) is 0 Å². The Kier molecular flexibility index (Phi) is 6.12. The summed E-state index contributed by atoms with van der Waals surface area (Å²) in [5.41, 5.74) is 0. The van der Waals surface area contributed by atoms with E-state index in [1.165, 1.54) is 0 Å². The van der Waals surface area contributed by atoms with Crippen LogP contribution in [0.2, 0.25) is 0 Å². The van der Waals surface area contributed by atoms with Crippen LogP contribution in [0.3, 0.4) is 0 Å². The predicted octanol–water partition coefficient (Wildman–Crippen LogP) is 1.17. The minimum atomic E-state index is -0.347. The van der Waals surface area contributed by atoms with Crippen molar-refractivity contribution in [2.75, 3.05) is 18.1 Å². The van der Waals surface area contributed by atoms with E-state index in [9.17, 15) is 4.79 Å². The highest BCUT2D eigenvalue weighted by Crippen LogP contribution is 1.88. The molecule has 54 valence electrons. The van der Waals surface area contributed by atoms with Gasteiger partial charge in [-0.3, -0.25) is 0 Å². The lowest BCUT2D eigenvalue weighted by Gasteiger charge is -1.99. The molecule has 0 saturated heterocycles. The molecule has 0 spiro atoms. The molecule has 0 saturated carbocycles. The van der Waals surface area contributed by atoms with Gasteiger partial charge >= 0.3 is 6.09 Å². The second-order valence-electron chi connectivity index (χ2n) is 1.43. The Bertz CT molecular complexity index is 87.0. The summed E-state index contributed by atoms with van der Waals surface area (Å²) in [4.78, 5) is 10.4. The number of alkyl carbamates (subject to hydrolysis) is 1. The molecule has 0 aromatic carbocycles. The smallest absolute Gasteiger partial charge is 0.406 e. The van der Waals surface area contributed by atoms with Crippen molar-refractivity contribution in [2.45, 2.75) is 6.42 Å². The van der Waals surface area contributed by atoms with Crippen LogP contribution in [0.5, 0.6) is 0 Å². The van der Waals surface area contributed by atoms with Crippen LogP contribution < -0.4 is 5.32 Å². The van der Waals surface area contributed by atoms with Crippen LogP contribution >= 0.6 is 22.6 Å². The van der Waals surface area contributed by atoms with Crippen LogP contribution in [0.1, 0.15) is 6.42 Å². The first-order valence-electron chi connectivity index (χ1n) is 2.71. The molecule has 0 fully saturated rings. The van der Waals surface area contributed by atoms with Gasteiger partial charge in [0.15, 0.2) is 0 Å². The van der Waals surface area contributed by atoms with E-state index in [2.05, 4.69) is 32.6 Å². The largest absolute Gasteiger partial charge is 0.450 e. The molecule has 0 aromatic rings. The highest BCUT2D eigenvalue weighted by Gasteiger charge is 1.93. The Morgan fingerprint density at radius 3 is 2.89 bits per heavy atom. The third kappa shape index (κ3) is 5.88. The number of alkyl halides is 1. The lowest BCUT2D eigenvalue weighted by atomic mass is 10.5. The Balaban J connectivity index is 2.97. The van der Waals surface area contributed by atoms with E-state index in [-0.39, 0.29) is 6.09 Å². The summed E-state index contributed by atoms with van der Waals surface area (Å²) in [5, 5.41) is 2.36. The van der Waals surface area contributed by atoms with Crippen molar-refractivity contribution in [3.8, 4) is 0 Å². The number of carbonyl (C=O) groups excluding carboxylic acids is 1. The number of hydrogen-bond acceptors (Lipinski definition) is 2. The van der Waals surface area contributed by atoms with E-state index in [4.69, 9.17) is 0 Å². The molecule has 0 aliphatic carbocycles. The summed E-state index contributed by atoms with van der Waals surface area (Å²) >= 11 is 2.23. The van der Waals surface area contributed by atoms with Crippen LogP contribution in [-0.4, -0.2) is 24.2 Å². The fourth-order valence-electron chi connectivity index (χ4n) is 0.292. The van der Waals surface area contributed by atoms with Crippen molar-refractivity contribution < 1.29 is 9.53 Å². The average Bonchev–Trinajstić information content (AvgIpc) is 1.89. The topological polar surface area (TPSA) is 38.3 Å². The highest BCUT2D eigenvalue weighted by molar-refractivity contribution is 14.1. The number of carbonyl (C=O) groups is 1. The van der Waals surface area contributed by atoms with Gasteiger partial charge in [-0.1, -0.05) is 22.6 Å². The lowest BCUT2D eigenvalue weighted by molar-refractivity contribution is 0.149. The predicted molar refractivity (Wildman–Crippen MR) is 43.9 cm³/mol. The van der Waals surface area contributed by atoms with Crippen molar-refractivity contribution in [1.82, 2.24) is 5.32 Å². The molecule has 1 N–H and O–H groups in total. The van der Waals surface area contributed by atoms with E-state index in [0.717, 1.165) is 10.8 Å². The second kappa shape index (κ2) is 6.12. The molecule has 3 nitrogen and oxygen atoms in total. The zero-order valence-corrected chi connectivity index (χ0v) is 7.47. The van der Waals surface area contributed by atoms with E-state index in [1.807, 2.05) is 0 Å². The van der Waals surface area contributed by atoms with E-state index >= 15 is 0 Å². The average molecular weight is 243 g/mol. The molecule has 0 aliphatic rings. The molecule has 0 rings (SSSR count). The molecule has 0 unspecified atom stereocenters. The van der Waals surface area contributed by atoms with Gasteiger partial charge in [0.25, 0.3) is 0 Å². The number of rotatable bonds is 3. The van der Waals surface area contributed by atoms with Gasteiger partial charge in [-0.15, -0.1) is 0 Å². The fraction of sp³-hybridized carbons (Fsp3) is 0.800. The van der Waals surface area contributed by atoms with Crippen LogP contribution in [0.15, 0.2) is 0 Å². The van der Waals surface area contributed by atoms with E-state index in [0.29, 0.717) is 6.61 Å². The van der Waals surface area contributed by atoms with Crippen LogP contribution in [0.4, 0.5) is 4.79 Å². The molecule has 0 aromatic heterocycles. The van der Waals surface area contributed by atoms with Gasteiger partial charge in [-0.2, -0.15) is 0 Å². The Morgan fingerprint density at radius 1 is 1.78 bits per heavy atom. The summed E-state index contributed by atoms with van der Waals surface area (Å²) in [6, 6.07) is 0. The van der Waals surface area contributed by atoms with Crippen molar-refractivity contribution in [2.24, 2.45) is 0 Å². The first-order chi connectivity index (χ1) is 4.31. The molecule has 0 bridgehead atoms. The van der Waals surface area contributed by atoms with Gasteiger partial charge in [0, 0.05) is 11.5 Å². The maximum Gasteiger partial charge on any atom is 0.406 e. The number of halogens is 1. The number of hydrogen-bond donors (Lipinski definition) is 1. The lowest BCUT2D eigenvalue weighted by Crippen LogP contribution is -2.19. The second-order valence-corrected chi connectivity index (χ2v) is 2.51. The van der Waals surface area contributed by atoms with E-state index in [1.54, 1.807) is 7.05 Å². The van der Waals surface area contributed by atoms with Crippen LogP contribution in [0, 0.1) is 0 Å². The third-order valence-electron chi connectivity index (χ3n) is 0.715. The quantitative estimate of drug-likeness (QED) is 0.459. The summed E-state index contributed by atoms with van der Waals surface area (Å²) in [5.74, 6) is 0. The molecule has 1 amide bonds. The summed E-state index contributed by atoms with van der Waals surface area (Å²) in [6.45, 7) is 0.516. The number of amides is 1. The first kappa shape index (κ1) is 9.00. The molecule has 0 aliphatic heterocycles. The standard InChI is InChI=1S/C5H10INO2/c1-7-5(8)9-4-2-3-6/h2-4H2,1H3,(H,7,8). The third-order valence-corrected chi connectivity index (χ3v) is 1.48. The summed E-state index contributed by atoms with van der Waals surface area (Å²) < 4.78 is 5.70. The molecule has 0 radical (unpaired) electrons. The molecule has 0 atom stereocenters. The zero-order chi connectivity index (χ0) is 7.11. The van der Waals surface area contributed by atoms with Crippen molar-refractivity contribution in [1.29, 1.82) is 0 Å². The summed E-state index contributed by atoms with van der Waals surface area (Å²) in [7, 11) is 1.55. The normalized spacial score (nSPS) is 8.67. The molecule has 9 heavy (non-hydrogen) atoms. The van der Waals surface area contributed by atoms with Gasteiger partial charge in [0.2, 0.25) is 0 Å². The first-order valence-corrected chi connectivity index (χ1v) is 4.24. The number of ether oxygens (including phenoxy) is 1. The van der Waals surface area contributed by atoms with E-state index < -0.39 is 0 Å². The monoisotopic (exact) mass is 243 g/mol. The van der Waals surface area contributed by atoms with Crippen molar-refractivity contribution in [3.63, 3.8) is 0 Å². The SMILES string of the molecule is CNC(=O)OCCCI. The molecular weight excluding hydrogens is 233 g/mol. The van der Waals surface area contributed by atoms with Crippen LogP contribution in [-0.2, 0) is 4.74 Å². The fourth-order valence-corrected chi connectivity index (χ4v) is 0.603. The molecule has 4 heteroatoms. The minimum Gasteiger partial charge on any atom is -0.450 e. The maximum atomic E-state index is 10.4. The van der Waals surface area contributed by atoms with Crippen molar-refractivity contribution in [3.05, 3.63) is 0 Å². The number of nitrogens with one attached hydrogen (secondary N) is 1. The Morgan fingerprint density at radius 2 is 2.44 bits per heavy atom.